The first-order chi connectivity index (χ1) is 9.91. The van der Waals surface area contributed by atoms with Crippen LogP contribution in [-0.4, -0.2) is 22.0 Å². The summed E-state index contributed by atoms with van der Waals surface area (Å²) in [5.74, 6) is -2.76. The molecule has 6 heteroatoms. The highest BCUT2D eigenvalue weighted by Crippen LogP contribution is 2.28. The number of hydrogen-bond donors (Lipinski definition) is 2. The van der Waals surface area contributed by atoms with Crippen molar-refractivity contribution in [2.24, 2.45) is 11.8 Å². The minimum atomic E-state index is -1.000. The maximum atomic E-state index is 12.2. The first-order valence-corrected chi connectivity index (χ1v) is 6.86. The summed E-state index contributed by atoms with van der Waals surface area (Å²) in [5, 5.41) is 12.9. The lowest BCUT2D eigenvalue weighted by Gasteiger charge is -2.16. The minimum absolute atomic E-state index is 0.350. The molecule has 1 heterocycles. The van der Waals surface area contributed by atoms with E-state index in [0.717, 1.165) is 0 Å². The van der Waals surface area contributed by atoms with Gasteiger partial charge in [-0.25, -0.2) is 0 Å². The summed E-state index contributed by atoms with van der Waals surface area (Å²) in [6.07, 6.45) is 1.62. The summed E-state index contributed by atoms with van der Waals surface area (Å²) in [6.45, 7) is 3.10. The van der Waals surface area contributed by atoms with Crippen molar-refractivity contribution in [3.8, 4) is 0 Å². The third-order valence-electron chi connectivity index (χ3n) is 3.53. The summed E-state index contributed by atoms with van der Waals surface area (Å²) < 4.78 is 0. The highest BCUT2D eigenvalue weighted by Gasteiger charge is 2.26. The van der Waals surface area contributed by atoms with Crippen LogP contribution in [0, 0.1) is 11.8 Å². The van der Waals surface area contributed by atoms with E-state index in [4.69, 9.17) is 16.7 Å². The highest BCUT2D eigenvalue weighted by molar-refractivity contribution is 6.35. The quantitative estimate of drug-likeness (QED) is 0.909. The molecule has 0 saturated carbocycles. The van der Waals surface area contributed by atoms with Gasteiger partial charge in [0, 0.05) is 17.5 Å². The van der Waals surface area contributed by atoms with E-state index in [0.29, 0.717) is 21.6 Å². The number of rotatable bonds is 4. The number of aliphatic carboxylic acids is 1. The lowest BCUT2D eigenvalue weighted by Crippen LogP contribution is -2.30. The molecular weight excluding hydrogens is 292 g/mol. The fourth-order valence-corrected chi connectivity index (χ4v) is 2.15. The van der Waals surface area contributed by atoms with E-state index in [9.17, 15) is 9.59 Å². The van der Waals surface area contributed by atoms with Gasteiger partial charge in [-0.2, -0.15) is 0 Å². The first kappa shape index (κ1) is 15.3. The Morgan fingerprint density at radius 1 is 1.24 bits per heavy atom. The number of hydrogen-bond acceptors (Lipinski definition) is 3. The van der Waals surface area contributed by atoms with Crippen LogP contribution in [0.2, 0.25) is 5.02 Å². The number of halogens is 1. The van der Waals surface area contributed by atoms with Gasteiger partial charge in [0.2, 0.25) is 5.91 Å². The molecule has 0 aliphatic rings. The van der Waals surface area contributed by atoms with E-state index >= 15 is 0 Å². The summed E-state index contributed by atoms with van der Waals surface area (Å²) >= 11 is 6.07. The number of carbonyl (C=O) groups excluding carboxylic acids is 1. The summed E-state index contributed by atoms with van der Waals surface area (Å²) in [7, 11) is 0. The number of carboxylic acids is 1. The van der Waals surface area contributed by atoms with Crippen LogP contribution in [-0.2, 0) is 9.59 Å². The molecule has 1 amide bonds. The molecule has 2 unspecified atom stereocenters. The molecule has 110 valence electrons. The average Bonchev–Trinajstić information content (AvgIpc) is 2.48. The smallest absolute Gasteiger partial charge is 0.307 e. The van der Waals surface area contributed by atoms with Crippen LogP contribution in [0.4, 0.5) is 5.69 Å². The Morgan fingerprint density at radius 3 is 2.62 bits per heavy atom. The molecule has 0 fully saturated rings. The Labute approximate surface area is 126 Å². The van der Waals surface area contributed by atoms with Crippen molar-refractivity contribution in [1.82, 2.24) is 4.98 Å². The number of amides is 1. The Balaban J connectivity index is 2.30. The van der Waals surface area contributed by atoms with Gasteiger partial charge in [-0.15, -0.1) is 0 Å². The van der Waals surface area contributed by atoms with E-state index in [1.165, 1.54) is 6.92 Å². The van der Waals surface area contributed by atoms with Crippen molar-refractivity contribution < 1.29 is 14.7 Å². The maximum absolute atomic E-state index is 12.2. The van der Waals surface area contributed by atoms with E-state index in [1.54, 1.807) is 37.4 Å². The fourth-order valence-electron chi connectivity index (χ4n) is 1.93. The molecule has 0 spiro atoms. The molecule has 0 bridgehead atoms. The van der Waals surface area contributed by atoms with Crippen LogP contribution >= 0.6 is 11.6 Å². The van der Waals surface area contributed by atoms with Gasteiger partial charge in [0.25, 0.3) is 0 Å². The highest BCUT2D eigenvalue weighted by atomic mass is 35.5. The maximum Gasteiger partial charge on any atom is 0.307 e. The van der Waals surface area contributed by atoms with Crippen molar-refractivity contribution in [3.63, 3.8) is 0 Å². The molecule has 2 rings (SSSR count). The van der Waals surface area contributed by atoms with Crippen LogP contribution in [0.15, 0.2) is 30.5 Å². The van der Waals surface area contributed by atoms with Crippen LogP contribution in [0.1, 0.15) is 13.8 Å². The van der Waals surface area contributed by atoms with Gasteiger partial charge >= 0.3 is 5.97 Å². The zero-order valence-corrected chi connectivity index (χ0v) is 12.4. The molecule has 2 aromatic rings. The second kappa shape index (κ2) is 6.10. The number of pyridine rings is 1. The number of nitrogens with one attached hydrogen (secondary N) is 1. The number of carbonyl (C=O) groups is 2. The number of anilines is 1. The fraction of sp³-hybridized carbons (Fsp3) is 0.267. The van der Waals surface area contributed by atoms with Crippen LogP contribution in [0.3, 0.4) is 0 Å². The van der Waals surface area contributed by atoms with Gasteiger partial charge < -0.3 is 10.4 Å². The third kappa shape index (κ3) is 3.13. The monoisotopic (exact) mass is 306 g/mol. The Hall–Kier alpha value is -2.14. The van der Waals surface area contributed by atoms with Gasteiger partial charge in [-0.1, -0.05) is 25.4 Å². The molecule has 1 aromatic heterocycles. The third-order valence-corrected chi connectivity index (χ3v) is 3.84. The Morgan fingerprint density at radius 2 is 1.95 bits per heavy atom. The predicted molar refractivity (Wildman–Crippen MR) is 81.3 cm³/mol. The summed E-state index contributed by atoms with van der Waals surface area (Å²) in [4.78, 5) is 27.3. The Kier molecular flexibility index (Phi) is 4.43. The molecule has 0 aliphatic heterocycles. The van der Waals surface area contributed by atoms with E-state index in [1.807, 2.05) is 0 Å². The molecule has 2 atom stereocenters. The normalized spacial score (nSPS) is 13.7. The van der Waals surface area contributed by atoms with E-state index in [-0.39, 0.29) is 5.91 Å². The molecular formula is C15H15ClN2O3. The van der Waals surface area contributed by atoms with Crippen LogP contribution < -0.4 is 5.32 Å². The van der Waals surface area contributed by atoms with Crippen LogP contribution in [0.25, 0.3) is 10.9 Å². The van der Waals surface area contributed by atoms with Gasteiger partial charge in [0.05, 0.1) is 22.1 Å². The average molecular weight is 307 g/mol. The van der Waals surface area contributed by atoms with Crippen molar-refractivity contribution >= 4 is 40.1 Å². The molecule has 0 aliphatic carbocycles. The predicted octanol–water partition coefficient (Wildman–Crippen LogP) is 3.18. The molecule has 0 radical (unpaired) electrons. The van der Waals surface area contributed by atoms with E-state index < -0.39 is 17.8 Å². The minimum Gasteiger partial charge on any atom is -0.481 e. The van der Waals surface area contributed by atoms with Crippen molar-refractivity contribution in [2.45, 2.75) is 13.8 Å². The van der Waals surface area contributed by atoms with Gasteiger partial charge in [0.15, 0.2) is 0 Å². The number of carboxylic acid groups (broad SMARTS) is 1. The van der Waals surface area contributed by atoms with Crippen molar-refractivity contribution in [2.75, 3.05) is 5.32 Å². The molecule has 0 saturated heterocycles. The van der Waals surface area contributed by atoms with Crippen molar-refractivity contribution in [3.05, 3.63) is 35.5 Å². The van der Waals surface area contributed by atoms with Gasteiger partial charge in [-0.05, 0) is 24.3 Å². The van der Waals surface area contributed by atoms with E-state index in [2.05, 4.69) is 10.3 Å². The van der Waals surface area contributed by atoms with Gasteiger partial charge in [-0.3, -0.25) is 14.6 Å². The molecule has 1 aromatic carbocycles. The largest absolute Gasteiger partial charge is 0.481 e. The van der Waals surface area contributed by atoms with Crippen molar-refractivity contribution in [1.29, 1.82) is 0 Å². The Bertz CT molecular complexity index is 702. The topological polar surface area (TPSA) is 79.3 Å². The van der Waals surface area contributed by atoms with Gasteiger partial charge in [0.1, 0.15) is 0 Å². The lowest BCUT2D eigenvalue weighted by molar-refractivity contribution is -0.145. The number of nitrogens with zero attached hydrogens (tertiary/aromatic N) is 1. The zero-order chi connectivity index (χ0) is 15.6. The second-order valence-corrected chi connectivity index (χ2v) is 5.31. The first-order valence-electron chi connectivity index (χ1n) is 6.48. The summed E-state index contributed by atoms with van der Waals surface area (Å²) in [6, 6.07) is 6.88. The lowest BCUT2D eigenvalue weighted by atomic mass is 9.95. The molecule has 21 heavy (non-hydrogen) atoms. The zero-order valence-electron chi connectivity index (χ0n) is 11.6. The number of benzene rings is 1. The standard InChI is InChI=1S/C15H15ClN2O3/c1-8(9(2)15(20)21)14(19)18-12-6-5-11(16)13-10(12)4-3-7-17-13/h3-9H,1-2H3,(H,18,19)(H,20,21). The molecule has 5 nitrogen and oxygen atoms in total. The van der Waals surface area contributed by atoms with Crippen LogP contribution in [0.5, 0.6) is 0 Å². The number of aromatic nitrogens is 1. The SMILES string of the molecule is CC(C(=O)O)C(C)C(=O)Nc1ccc(Cl)c2ncccc12. The molecule has 2 N–H and O–H groups in total. The number of fused-ring (bicyclic) bond motifs is 1. The summed E-state index contributed by atoms with van der Waals surface area (Å²) in [5.41, 5.74) is 1.16. The second-order valence-electron chi connectivity index (χ2n) is 4.90.